The van der Waals surface area contributed by atoms with Crippen molar-refractivity contribution in [3.05, 3.63) is 18.0 Å². The van der Waals surface area contributed by atoms with Gasteiger partial charge in [-0.05, 0) is 25.4 Å². The molecular formula is C18H26N4O5S. The molecule has 1 aromatic rings. The molecule has 3 heterocycles. The van der Waals surface area contributed by atoms with Crippen LogP contribution in [0.3, 0.4) is 0 Å². The molecular weight excluding hydrogens is 384 g/mol. The van der Waals surface area contributed by atoms with Crippen LogP contribution in [0, 0.1) is 0 Å². The van der Waals surface area contributed by atoms with E-state index in [9.17, 15) is 14.4 Å². The number of hydrogen-bond donors (Lipinski definition) is 1. The molecule has 1 unspecified atom stereocenters. The third kappa shape index (κ3) is 4.17. The van der Waals surface area contributed by atoms with Crippen LogP contribution in [-0.4, -0.2) is 82.7 Å². The van der Waals surface area contributed by atoms with Gasteiger partial charge in [0, 0.05) is 32.0 Å². The van der Waals surface area contributed by atoms with Crippen molar-refractivity contribution in [2.75, 3.05) is 38.2 Å². The van der Waals surface area contributed by atoms with E-state index in [2.05, 4.69) is 10.5 Å². The number of carbonyl (C=O) groups is 3. The number of esters is 1. The molecule has 9 nitrogen and oxygen atoms in total. The normalized spacial score (nSPS) is 21.4. The fourth-order valence-electron chi connectivity index (χ4n) is 3.84. The van der Waals surface area contributed by atoms with E-state index in [4.69, 9.17) is 9.26 Å². The summed E-state index contributed by atoms with van der Waals surface area (Å²) < 4.78 is 10.0. The molecule has 10 heteroatoms. The molecule has 2 aliphatic heterocycles. The molecule has 0 radical (unpaired) electrons. The van der Waals surface area contributed by atoms with Crippen LogP contribution in [0.5, 0.6) is 0 Å². The molecule has 1 spiro atoms. The SMILES string of the molecule is CCOC(=O)CN1C(=O)C(CCSC)NC12CCN(C(=O)c1ccno1)CC2. The summed E-state index contributed by atoms with van der Waals surface area (Å²) >= 11 is 1.68. The number of thioether (sulfide) groups is 1. The molecule has 2 saturated heterocycles. The molecule has 2 aliphatic rings. The molecule has 0 aromatic carbocycles. The Bertz CT molecular complexity index is 703. The van der Waals surface area contributed by atoms with Crippen molar-refractivity contribution >= 4 is 29.5 Å². The van der Waals surface area contributed by atoms with E-state index in [1.807, 2.05) is 6.26 Å². The number of carbonyl (C=O) groups excluding carboxylic acids is 3. The van der Waals surface area contributed by atoms with Gasteiger partial charge in [0.2, 0.25) is 11.7 Å². The molecule has 3 rings (SSSR count). The van der Waals surface area contributed by atoms with E-state index < -0.39 is 11.6 Å². The lowest BCUT2D eigenvalue weighted by Gasteiger charge is -2.44. The number of amides is 2. The van der Waals surface area contributed by atoms with E-state index in [1.54, 1.807) is 28.5 Å². The highest BCUT2D eigenvalue weighted by Crippen LogP contribution is 2.33. The number of ether oxygens (including phenoxy) is 1. The second kappa shape index (κ2) is 8.95. The second-order valence-corrected chi connectivity index (χ2v) is 7.89. The Hall–Kier alpha value is -2.07. The molecule has 2 fully saturated rings. The van der Waals surface area contributed by atoms with Gasteiger partial charge in [0.25, 0.3) is 5.91 Å². The first-order chi connectivity index (χ1) is 13.5. The van der Waals surface area contributed by atoms with Crippen LogP contribution in [0.15, 0.2) is 16.8 Å². The van der Waals surface area contributed by atoms with Crippen LogP contribution >= 0.6 is 11.8 Å². The molecule has 1 N–H and O–H groups in total. The number of piperidine rings is 1. The Balaban J connectivity index is 1.72. The van der Waals surface area contributed by atoms with Gasteiger partial charge in [0.1, 0.15) is 6.54 Å². The number of rotatable bonds is 7. The Morgan fingerprint density at radius 1 is 1.43 bits per heavy atom. The lowest BCUT2D eigenvalue weighted by molar-refractivity contribution is -0.151. The van der Waals surface area contributed by atoms with E-state index >= 15 is 0 Å². The summed E-state index contributed by atoms with van der Waals surface area (Å²) in [4.78, 5) is 40.9. The van der Waals surface area contributed by atoms with E-state index in [1.165, 1.54) is 12.3 Å². The molecule has 1 aromatic heterocycles. The molecule has 0 bridgehead atoms. The lowest BCUT2D eigenvalue weighted by Crippen LogP contribution is -2.60. The maximum Gasteiger partial charge on any atom is 0.325 e. The van der Waals surface area contributed by atoms with Crippen molar-refractivity contribution in [2.24, 2.45) is 0 Å². The van der Waals surface area contributed by atoms with Gasteiger partial charge >= 0.3 is 5.97 Å². The van der Waals surface area contributed by atoms with Crippen LogP contribution < -0.4 is 5.32 Å². The third-order valence-corrected chi connectivity index (χ3v) is 5.90. The molecule has 0 saturated carbocycles. The largest absolute Gasteiger partial charge is 0.465 e. The number of nitrogens with one attached hydrogen (secondary N) is 1. The molecule has 28 heavy (non-hydrogen) atoms. The average molecular weight is 410 g/mol. The minimum atomic E-state index is -0.634. The monoisotopic (exact) mass is 410 g/mol. The van der Waals surface area contributed by atoms with Gasteiger partial charge in [-0.15, -0.1) is 0 Å². The van der Waals surface area contributed by atoms with E-state index in [0.29, 0.717) is 32.4 Å². The Labute approximate surface area is 168 Å². The van der Waals surface area contributed by atoms with E-state index in [0.717, 1.165) is 5.75 Å². The quantitative estimate of drug-likeness (QED) is 0.656. The number of hydrogen-bond acceptors (Lipinski definition) is 8. The van der Waals surface area contributed by atoms with Gasteiger partial charge in [-0.2, -0.15) is 11.8 Å². The number of aromatic nitrogens is 1. The summed E-state index contributed by atoms with van der Waals surface area (Å²) in [6, 6.07) is 1.22. The maximum absolute atomic E-state index is 13.0. The summed E-state index contributed by atoms with van der Waals surface area (Å²) in [5.74, 6) is 0.350. The van der Waals surface area contributed by atoms with Crippen molar-refractivity contribution in [3.63, 3.8) is 0 Å². The van der Waals surface area contributed by atoms with Gasteiger partial charge in [0.05, 0.1) is 24.5 Å². The van der Waals surface area contributed by atoms with Crippen LogP contribution in [-0.2, 0) is 14.3 Å². The highest BCUT2D eigenvalue weighted by atomic mass is 32.2. The Morgan fingerprint density at radius 3 is 2.79 bits per heavy atom. The van der Waals surface area contributed by atoms with Crippen molar-refractivity contribution in [3.8, 4) is 0 Å². The van der Waals surface area contributed by atoms with Gasteiger partial charge in [0.15, 0.2) is 0 Å². The Kier molecular flexibility index (Phi) is 6.61. The lowest BCUT2D eigenvalue weighted by atomic mass is 9.95. The predicted octanol–water partition coefficient (Wildman–Crippen LogP) is 0.724. The topological polar surface area (TPSA) is 105 Å². The fourth-order valence-corrected chi connectivity index (χ4v) is 4.31. The van der Waals surface area contributed by atoms with Crippen molar-refractivity contribution in [2.45, 2.75) is 37.9 Å². The summed E-state index contributed by atoms with van der Waals surface area (Å²) in [7, 11) is 0. The van der Waals surface area contributed by atoms with Crippen molar-refractivity contribution in [1.82, 2.24) is 20.3 Å². The smallest absolute Gasteiger partial charge is 0.325 e. The summed E-state index contributed by atoms with van der Waals surface area (Å²) in [6.45, 7) is 2.84. The van der Waals surface area contributed by atoms with Gasteiger partial charge < -0.3 is 19.1 Å². The first-order valence-electron chi connectivity index (χ1n) is 9.44. The zero-order valence-electron chi connectivity index (χ0n) is 16.2. The van der Waals surface area contributed by atoms with Crippen LogP contribution in [0.1, 0.15) is 36.7 Å². The van der Waals surface area contributed by atoms with Crippen LogP contribution in [0.2, 0.25) is 0 Å². The number of likely N-dealkylation sites (tertiary alicyclic amines) is 1. The van der Waals surface area contributed by atoms with Crippen molar-refractivity contribution in [1.29, 1.82) is 0 Å². The van der Waals surface area contributed by atoms with Gasteiger partial charge in [-0.25, -0.2) is 0 Å². The molecule has 1 atom stereocenters. The van der Waals surface area contributed by atoms with Crippen LogP contribution in [0.4, 0.5) is 0 Å². The molecule has 2 amide bonds. The third-order valence-electron chi connectivity index (χ3n) is 5.25. The minimum absolute atomic E-state index is 0.0721. The minimum Gasteiger partial charge on any atom is -0.465 e. The van der Waals surface area contributed by atoms with Gasteiger partial charge in [-0.1, -0.05) is 5.16 Å². The second-order valence-electron chi connectivity index (χ2n) is 6.91. The predicted molar refractivity (Wildman–Crippen MR) is 103 cm³/mol. The van der Waals surface area contributed by atoms with E-state index in [-0.39, 0.29) is 36.8 Å². The van der Waals surface area contributed by atoms with Gasteiger partial charge in [-0.3, -0.25) is 19.7 Å². The Morgan fingerprint density at radius 2 is 2.18 bits per heavy atom. The zero-order valence-corrected chi connectivity index (χ0v) is 17.0. The summed E-state index contributed by atoms with van der Waals surface area (Å²) in [6.07, 6.45) is 5.20. The first-order valence-corrected chi connectivity index (χ1v) is 10.8. The van der Waals surface area contributed by atoms with Crippen molar-refractivity contribution < 1.29 is 23.6 Å². The maximum atomic E-state index is 13.0. The molecule has 0 aliphatic carbocycles. The fraction of sp³-hybridized carbons (Fsp3) is 0.667. The highest BCUT2D eigenvalue weighted by Gasteiger charge is 2.52. The first kappa shape index (κ1) is 20.7. The highest BCUT2D eigenvalue weighted by molar-refractivity contribution is 7.98. The standard InChI is InChI=1S/C18H26N4O5S/c1-3-26-15(23)12-22-16(24)13(5-11-28-2)20-18(22)6-9-21(10-7-18)17(25)14-4-8-19-27-14/h4,8,13,20H,3,5-7,9-12H2,1-2H3. The average Bonchev–Trinajstić information content (AvgIpc) is 3.30. The zero-order chi connectivity index (χ0) is 20.1. The van der Waals surface area contributed by atoms with Crippen LogP contribution in [0.25, 0.3) is 0 Å². The summed E-state index contributed by atoms with van der Waals surface area (Å²) in [5.41, 5.74) is -0.634. The molecule has 154 valence electrons. The summed E-state index contributed by atoms with van der Waals surface area (Å²) in [5, 5.41) is 7.04. The number of nitrogens with zero attached hydrogens (tertiary/aromatic N) is 3.